The number of para-hydroxylation sites is 1. The van der Waals surface area contributed by atoms with Crippen LogP contribution in [0.5, 0.6) is 0 Å². The second-order valence-electron chi connectivity index (χ2n) is 8.39. The molecule has 2 rings (SSSR count). The van der Waals surface area contributed by atoms with Gasteiger partial charge in [-0.1, -0.05) is 102 Å². The third-order valence-corrected chi connectivity index (χ3v) is 6.16. The largest absolute Gasteiger partial charge is 0.481 e. The molecule has 158 valence electrons. The molecule has 0 aromatic heterocycles. The van der Waals surface area contributed by atoms with Crippen LogP contribution in [-0.4, -0.2) is 22.7 Å². The predicted molar refractivity (Wildman–Crippen MR) is 116 cm³/mol. The van der Waals surface area contributed by atoms with Gasteiger partial charge in [-0.2, -0.15) is 0 Å². The first-order valence-electron chi connectivity index (χ1n) is 11.4. The van der Waals surface area contributed by atoms with Gasteiger partial charge in [0.1, 0.15) is 5.60 Å². The summed E-state index contributed by atoms with van der Waals surface area (Å²) in [7, 11) is 0. The quantitative estimate of drug-likeness (QED) is 0.317. The van der Waals surface area contributed by atoms with Gasteiger partial charge in [0, 0.05) is 17.8 Å². The zero-order valence-corrected chi connectivity index (χ0v) is 17.6. The molecule has 0 radical (unpaired) electrons. The van der Waals surface area contributed by atoms with Crippen LogP contribution < -0.4 is 5.32 Å². The molecule has 0 amide bonds. The first kappa shape index (κ1) is 22.7. The van der Waals surface area contributed by atoms with Gasteiger partial charge in [0.05, 0.1) is 5.92 Å². The fourth-order valence-electron chi connectivity index (χ4n) is 4.41. The Hall–Kier alpha value is -1.55. The molecule has 0 aliphatic carbocycles. The topological polar surface area (TPSA) is 69.6 Å². The summed E-state index contributed by atoms with van der Waals surface area (Å²) in [5, 5.41) is 24.0. The highest BCUT2D eigenvalue weighted by atomic mass is 16.4. The van der Waals surface area contributed by atoms with Crippen molar-refractivity contribution in [1.29, 1.82) is 0 Å². The lowest BCUT2D eigenvalue weighted by Crippen LogP contribution is -2.41. The number of unbranched alkanes of at least 4 members (excludes halogenated alkanes) is 11. The second-order valence-corrected chi connectivity index (χ2v) is 8.39. The van der Waals surface area contributed by atoms with Crippen molar-refractivity contribution in [1.82, 2.24) is 0 Å². The number of hydrogen-bond donors (Lipinski definition) is 3. The normalized spacial score (nSPS) is 19.2. The van der Waals surface area contributed by atoms with Crippen molar-refractivity contribution in [3.63, 3.8) is 0 Å². The first-order valence-corrected chi connectivity index (χ1v) is 11.4. The van der Waals surface area contributed by atoms with Gasteiger partial charge in [-0.25, -0.2) is 0 Å². The van der Waals surface area contributed by atoms with E-state index in [1.165, 1.54) is 57.8 Å². The van der Waals surface area contributed by atoms with E-state index < -0.39 is 17.5 Å². The Kier molecular flexibility index (Phi) is 9.83. The molecule has 2 unspecified atom stereocenters. The summed E-state index contributed by atoms with van der Waals surface area (Å²) in [5.41, 5.74) is 0.271. The first-order chi connectivity index (χ1) is 13.6. The highest BCUT2D eigenvalue weighted by Crippen LogP contribution is 2.42. The lowest BCUT2D eigenvalue weighted by Gasteiger charge is -2.30. The summed E-state index contributed by atoms with van der Waals surface area (Å²) in [6, 6.07) is 7.50. The van der Waals surface area contributed by atoms with Gasteiger partial charge in [0.15, 0.2) is 0 Å². The van der Waals surface area contributed by atoms with Crippen molar-refractivity contribution < 1.29 is 15.0 Å². The molecule has 2 atom stereocenters. The standard InChI is InChI=1S/C24H39NO3/c1-2-3-4-5-6-7-8-9-10-11-12-13-17-21(23(26)27)24(28)19-25-22-18-15-14-16-20(22)24/h14-16,18,21,25,28H,2-13,17,19H2,1H3,(H,26,27). The van der Waals surface area contributed by atoms with Crippen molar-refractivity contribution in [2.45, 2.75) is 96.0 Å². The fourth-order valence-corrected chi connectivity index (χ4v) is 4.41. The molecule has 0 spiro atoms. The van der Waals surface area contributed by atoms with Crippen molar-refractivity contribution >= 4 is 11.7 Å². The molecule has 1 aliphatic heterocycles. The van der Waals surface area contributed by atoms with Crippen molar-refractivity contribution in [3.8, 4) is 0 Å². The van der Waals surface area contributed by atoms with Crippen LogP contribution in [0.4, 0.5) is 5.69 Å². The van der Waals surface area contributed by atoms with E-state index in [1.54, 1.807) is 0 Å². The maximum Gasteiger partial charge on any atom is 0.309 e. The van der Waals surface area contributed by atoms with E-state index in [1.807, 2.05) is 24.3 Å². The summed E-state index contributed by atoms with van der Waals surface area (Å²) in [6.07, 6.45) is 15.6. The number of aliphatic hydroxyl groups is 1. The highest BCUT2D eigenvalue weighted by Gasteiger charge is 2.46. The van der Waals surface area contributed by atoms with E-state index >= 15 is 0 Å². The number of rotatable bonds is 15. The van der Waals surface area contributed by atoms with Crippen molar-refractivity contribution in [3.05, 3.63) is 29.8 Å². The Labute approximate surface area is 170 Å². The summed E-state index contributed by atoms with van der Waals surface area (Å²) in [5.74, 6) is -1.66. The van der Waals surface area contributed by atoms with Crippen LogP contribution in [0.2, 0.25) is 0 Å². The molecular formula is C24H39NO3. The van der Waals surface area contributed by atoms with E-state index in [0.29, 0.717) is 6.42 Å². The molecule has 0 saturated heterocycles. The average Bonchev–Trinajstić information content (AvgIpc) is 3.03. The van der Waals surface area contributed by atoms with Gasteiger partial charge in [0.2, 0.25) is 0 Å². The minimum atomic E-state index is -1.31. The third-order valence-electron chi connectivity index (χ3n) is 6.16. The Morgan fingerprint density at radius 2 is 1.50 bits per heavy atom. The molecule has 1 aromatic carbocycles. The number of aliphatic carboxylic acids is 1. The molecule has 1 aromatic rings. The molecular weight excluding hydrogens is 350 g/mol. The molecule has 0 saturated carbocycles. The van der Waals surface area contributed by atoms with Crippen LogP contribution in [0.1, 0.15) is 96.0 Å². The number of hydrogen-bond acceptors (Lipinski definition) is 3. The van der Waals surface area contributed by atoms with Gasteiger partial charge in [-0.15, -0.1) is 0 Å². The lowest BCUT2D eigenvalue weighted by atomic mass is 9.79. The van der Waals surface area contributed by atoms with Gasteiger partial charge < -0.3 is 15.5 Å². The number of β-amino-alcohol motifs (C(OH)–C–C–N with tert-alkyl or cyclic N) is 1. The molecule has 3 N–H and O–H groups in total. The molecule has 28 heavy (non-hydrogen) atoms. The van der Waals surface area contributed by atoms with E-state index in [-0.39, 0.29) is 6.54 Å². The maximum absolute atomic E-state index is 11.8. The predicted octanol–water partition coefficient (Wildman–Crippen LogP) is 6.09. The Morgan fingerprint density at radius 3 is 2.07 bits per heavy atom. The van der Waals surface area contributed by atoms with Crippen molar-refractivity contribution in [2.24, 2.45) is 5.92 Å². The monoisotopic (exact) mass is 389 g/mol. The van der Waals surface area contributed by atoms with Crippen LogP contribution >= 0.6 is 0 Å². The van der Waals surface area contributed by atoms with Gasteiger partial charge in [-0.05, 0) is 12.5 Å². The lowest BCUT2D eigenvalue weighted by molar-refractivity contribution is -0.152. The molecule has 0 bridgehead atoms. The average molecular weight is 390 g/mol. The molecule has 1 aliphatic rings. The Morgan fingerprint density at radius 1 is 0.964 bits per heavy atom. The zero-order chi connectivity index (χ0) is 20.2. The number of carbonyl (C=O) groups is 1. The van der Waals surface area contributed by atoms with Crippen LogP contribution in [0.15, 0.2) is 24.3 Å². The number of benzene rings is 1. The van der Waals surface area contributed by atoms with Crippen LogP contribution in [0, 0.1) is 5.92 Å². The zero-order valence-electron chi connectivity index (χ0n) is 17.6. The number of anilines is 1. The summed E-state index contributed by atoms with van der Waals surface area (Å²) >= 11 is 0. The third kappa shape index (κ3) is 6.51. The Bertz CT molecular complexity index is 589. The number of carboxylic acid groups (broad SMARTS) is 1. The minimum absolute atomic E-state index is 0.279. The highest BCUT2D eigenvalue weighted by molar-refractivity contribution is 5.74. The number of carboxylic acids is 1. The minimum Gasteiger partial charge on any atom is -0.481 e. The van der Waals surface area contributed by atoms with E-state index in [0.717, 1.165) is 30.5 Å². The second kappa shape index (κ2) is 12.1. The van der Waals surface area contributed by atoms with Crippen LogP contribution in [0.25, 0.3) is 0 Å². The summed E-state index contributed by atoms with van der Waals surface area (Å²) in [6.45, 7) is 2.53. The van der Waals surface area contributed by atoms with E-state index in [4.69, 9.17) is 0 Å². The maximum atomic E-state index is 11.8. The number of fused-ring (bicyclic) bond motifs is 1. The smallest absolute Gasteiger partial charge is 0.309 e. The molecule has 4 nitrogen and oxygen atoms in total. The summed E-state index contributed by atoms with van der Waals surface area (Å²) < 4.78 is 0. The molecule has 4 heteroatoms. The van der Waals surface area contributed by atoms with E-state index in [9.17, 15) is 15.0 Å². The van der Waals surface area contributed by atoms with Gasteiger partial charge >= 0.3 is 5.97 Å². The van der Waals surface area contributed by atoms with Crippen molar-refractivity contribution in [2.75, 3.05) is 11.9 Å². The fraction of sp³-hybridized carbons (Fsp3) is 0.708. The molecule has 0 fully saturated rings. The van der Waals surface area contributed by atoms with Crippen LogP contribution in [-0.2, 0) is 10.4 Å². The Balaban J connectivity index is 1.63. The molecule has 1 heterocycles. The van der Waals surface area contributed by atoms with Gasteiger partial charge in [-0.3, -0.25) is 4.79 Å². The number of nitrogens with one attached hydrogen (secondary N) is 1. The SMILES string of the molecule is CCCCCCCCCCCCCCC(C(=O)O)C1(O)CNc2ccccc21. The van der Waals surface area contributed by atoms with Gasteiger partial charge in [0.25, 0.3) is 0 Å². The van der Waals surface area contributed by atoms with Crippen LogP contribution in [0.3, 0.4) is 0 Å². The summed E-state index contributed by atoms with van der Waals surface area (Å²) in [4.78, 5) is 11.8. The van der Waals surface area contributed by atoms with E-state index in [2.05, 4.69) is 12.2 Å².